The third-order valence-electron chi connectivity index (χ3n) is 6.24. The van der Waals surface area contributed by atoms with Crippen molar-refractivity contribution in [3.8, 4) is 5.75 Å². The summed E-state index contributed by atoms with van der Waals surface area (Å²) >= 11 is 0. The Labute approximate surface area is 199 Å². The molecule has 3 aliphatic heterocycles. The highest BCUT2D eigenvalue weighted by Gasteiger charge is 2.40. The monoisotopic (exact) mass is 469 g/mol. The summed E-state index contributed by atoms with van der Waals surface area (Å²) in [5.74, 6) is -2.16. The number of fused-ring (bicyclic) bond motifs is 1. The van der Waals surface area contributed by atoms with Crippen molar-refractivity contribution in [1.29, 1.82) is 0 Å². The van der Waals surface area contributed by atoms with E-state index in [1.54, 1.807) is 12.1 Å². The van der Waals surface area contributed by atoms with E-state index >= 15 is 0 Å². The molecule has 0 aromatic heterocycles. The Morgan fingerprint density at radius 3 is 2.76 bits per heavy atom. The maximum atomic E-state index is 14.8. The highest BCUT2D eigenvalue weighted by molar-refractivity contribution is 6.05. The van der Waals surface area contributed by atoms with Gasteiger partial charge in [-0.3, -0.25) is 24.6 Å². The Morgan fingerprint density at radius 1 is 1.18 bits per heavy atom. The predicted molar refractivity (Wildman–Crippen MR) is 119 cm³/mol. The van der Waals surface area contributed by atoms with E-state index in [1.165, 1.54) is 18.2 Å². The van der Waals surface area contributed by atoms with Gasteiger partial charge in [0.15, 0.2) is 0 Å². The van der Waals surface area contributed by atoms with Gasteiger partial charge >= 0.3 is 0 Å². The molecule has 0 radical (unpaired) electrons. The Balaban J connectivity index is 1.33. The SMILES string of the molecule is [2H]C1([2H])c2c(OCc3ccc(CN4CCOCC4)cc3F)cccc2C(=O)N1[C@@H]1CCC(=O)NC1=O. The summed E-state index contributed by atoms with van der Waals surface area (Å²) in [6, 6.07) is 8.36. The second-order valence-corrected chi connectivity index (χ2v) is 8.54. The van der Waals surface area contributed by atoms with Crippen molar-refractivity contribution in [2.45, 2.75) is 38.5 Å². The van der Waals surface area contributed by atoms with Crippen LogP contribution in [0.15, 0.2) is 36.4 Å². The van der Waals surface area contributed by atoms with Crippen LogP contribution >= 0.6 is 0 Å². The van der Waals surface area contributed by atoms with Crippen LogP contribution in [0.3, 0.4) is 0 Å². The molecule has 5 rings (SSSR count). The first-order valence-electron chi connectivity index (χ1n) is 12.3. The van der Waals surface area contributed by atoms with Gasteiger partial charge in [-0.2, -0.15) is 0 Å². The second-order valence-electron chi connectivity index (χ2n) is 8.54. The van der Waals surface area contributed by atoms with Gasteiger partial charge in [-0.05, 0) is 30.2 Å². The van der Waals surface area contributed by atoms with Crippen molar-refractivity contribution >= 4 is 17.7 Å². The molecule has 0 aliphatic carbocycles. The number of rotatable bonds is 6. The number of nitrogens with one attached hydrogen (secondary N) is 1. The van der Waals surface area contributed by atoms with Crippen molar-refractivity contribution in [1.82, 2.24) is 15.1 Å². The van der Waals surface area contributed by atoms with E-state index < -0.39 is 36.1 Å². The van der Waals surface area contributed by atoms with Crippen LogP contribution in [0.4, 0.5) is 4.39 Å². The average Bonchev–Trinajstić information content (AvgIpc) is 3.05. The molecule has 0 bridgehead atoms. The van der Waals surface area contributed by atoms with E-state index in [0.717, 1.165) is 23.6 Å². The Morgan fingerprint density at radius 2 is 2.00 bits per heavy atom. The number of imide groups is 1. The first kappa shape index (κ1) is 20.1. The number of nitrogens with zero attached hydrogens (tertiary/aromatic N) is 2. The zero-order valence-electron chi connectivity index (χ0n) is 20.5. The van der Waals surface area contributed by atoms with Gasteiger partial charge in [0.05, 0.1) is 22.5 Å². The number of amides is 3. The van der Waals surface area contributed by atoms with Crippen LogP contribution in [-0.2, 0) is 34.0 Å². The number of halogens is 1. The third-order valence-corrected chi connectivity index (χ3v) is 6.24. The molecule has 8 nitrogen and oxygen atoms in total. The summed E-state index contributed by atoms with van der Waals surface area (Å²) < 4.78 is 43.4. The van der Waals surface area contributed by atoms with Crippen LogP contribution in [0.1, 0.15) is 42.6 Å². The molecule has 178 valence electrons. The summed E-state index contributed by atoms with van der Waals surface area (Å²) in [5, 5.41) is 2.17. The number of benzene rings is 2. The molecule has 3 amide bonds. The molecule has 1 atom stereocenters. The molecular formula is C25H26FN3O5. The maximum absolute atomic E-state index is 14.8. The lowest BCUT2D eigenvalue weighted by Crippen LogP contribution is -2.52. The fraction of sp³-hybridized carbons (Fsp3) is 0.400. The summed E-state index contributed by atoms with van der Waals surface area (Å²) in [6.07, 6.45) is 0.0406. The molecule has 9 heteroatoms. The van der Waals surface area contributed by atoms with E-state index in [1.807, 2.05) is 6.07 Å². The molecule has 0 saturated carbocycles. The normalized spacial score (nSPS) is 23.3. The first-order valence-corrected chi connectivity index (χ1v) is 11.3. The van der Waals surface area contributed by atoms with Crippen LogP contribution in [-0.4, -0.2) is 59.9 Å². The molecule has 2 fully saturated rings. The third kappa shape index (κ3) is 4.53. The van der Waals surface area contributed by atoms with Crippen molar-refractivity contribution in [2.24, 2.45) is 0 Å². The van der Waals surface area contributed by atoms with Gasteiger partial charge in [0.2, 0.25) is 11.8 Å². The number of hydrogen-bond acceptors (Lipinski definition) is 6. The number of piperidine rings is 1. The van der Waals surface area contributed by atoms with Gasteiger partial charge in [0.25, 0.3) is 5.91 Å². The summed E-state index contributed by atoms with van der Waals surface area (Å²) in [5.41, 5.74) is 1.19. The zero-order chi connectivity index (χ0) is 25.4. The largest absolute Gasteiger partial charge is 0.488 e. The molecule has 3 heterocycles. The average molecular weight is 470 g/mol. The maximum Gasteiger partial charge on any atom is 0.255 e. The first-order chi connectivity index (χ1) is 17.3. The molecule has 2 aromatic rings. The van der Waals surface area contributed by atoms with Crippen LogP contribution in [0, 0.1) is 5.82 Å². The van der Waals surface area contributed by atoms with E-state index in [9.17, 15) is 18.8 Å². The lowest BCUT2D eigenvalue weighted by molar-refractivity contribution is -0.136. The highest BCUT2D eigenvalue weighted by Crippen LogP contribution is 2.34. The minimum absolute atomic E-state index is 0.0101. The number of morpholine rings is 1. The summed E-state index contributed by atoms with van der Waals surface area (Å²) in [6.45, 7) is 1.00. The Bertz CT molecular complexity index is 1220. The molecule has 0 spiro atoms. The van der Waals surface area contributed by atoms with Gasteiger partial charge in [0.1, 0.15) is 24.2 Å². The second kappa shape index (κ2) is 9.52. The predicted octanol–water partition coefficient (Wildman–Crippen LogP) is 2.00. The zero-order valence-corrected chi connectivity index (χ0v) is 18.5. The fourth-order valence-corrected chi connectivity index (χ4v) is 4.37. The number of carbonyl (C=O) groups is 3. The Kier molecular flexibility index (Phi) is 5.63. The Hall–Kier alpha value is -3.30. The minimum Gasteiger partial charge on any atom is -0.488 e. The van der Waals surface area contributed by atoms with Gasteiger partial charge in [0, 0.05) is 42.7 Å². The molecule has 2 saturated heterocycles. The van der Waals surface area contributed by atoms with E-state index in [2.05, 4.69) is 10.2 Å². The molecule has 0 unspecified atom stereocenters. The van der Waals surface area contributed by atoms with Crippen molar-refractivity contribution in [3.05, 3.63) is 64.5 Å². The van der Waals surface area contributed by atoms with Crippen LogP contribution in [0.25, 0.3) is 0 Å². The van der Waals surface area contributed by atoms with Gasteiger partial charge < -0.3 is 14.4 Å². The molecule has 1 N–H and O–H groups in total. The van der Waals surface area contributed by atoms with E-state index in [4.69, 9.17) is 12.2 Å². The molecule has 2 aromatic carbocycles. The van der Waals surface area contributed by atoms with Gasteiger partial charge in [-0.15, -0.1) is 0 Å². The van der Waals surface area contributed by atoms with Crippen molar-refractivity contribution in [3.63, 3.8) is 0 Å². The van der Waals surface area contributed by atoms with E-state index in [-0.39, 0.29) is 36.3 Å². The standard InChI is InChI=1S/C25H26FN3O5/c26-20-12-16(13-28-8-10-33-11-9-28)4-5-17(20)15-34-22-3-1-2-18-19(22)14-29(25(18)32)21-6-7-23(30)27-24(21)31/h1-5,12,21H,6-11,13-15H2,(H,27,30,31)/t21-/m1/s1/i14D2. The molecule has 3 aliphatic rings. The van der Waals surface area contributed by atoms with Crippen LogP contribution in [0.2, 0.25) is 0 Å². The van der Waals surface area contributed by atoms with Crippen LogP contribution in [0.5, 0.6) is 5.75 Å². The summed E-state index contributed by atoms with van der Waals surface area (Å²) in [4.78, 5) is 40.1. The smallest absolute Gasteiger partial charge is 0.255 e. The van der Waals surface area contributed by atoms with Crippen molar-refractivity contribution < 1.29 is 31.0 Å². The number of ether oxygens (including phenoxy) is 2. The van der Waals surface area contributed by atoms with Gasteiger partial charge in [-0.1, -0.05) is 18.2 Å². The lowest BCUT2D eigenvalue weighted by atomic mass is 10.0. The number of carbonyl (C=O) groups excluding carboxylic acids is 3. The van der Waals surface area contributed by atoms with Crippen LogP contribution < -0.4 is 10.1 Å². The van der Waals surface area contributed by atoms with E-state index in [0.29, 0.717) is 25.3 Å². The highest BCUT2D eigenvalue weighted by atomic mass is 19.1. The molecular weight excluding hydrogens is 441 g/mol. The fourth-order valence-electron chi connectivity index (χ4n) is 4.37. The lowest BCUT2D eigenvalue weighted by Gasteiger charge is -2.29. The minimum atomic E-state index is -2.36. The van der Waals surface area contributed by atoms with Gasteiger partial charge in [-0.25, -0.2) is 4.39 Å². The summed E-state index contributed by atoms with van der Waals surface area (Å²) in [7, 11) is 0. The number of hydrogen-bond donors (Lipinski definition) is 1. The quantitative estimate of drug-likeness (QED) is 0.652. The topological polar surface area (TPSA) is 88.2 Å². The molecule has 34 heavy (non-hydrogen) atoms. The van der Waals surface area contributed by atoms with Crippen molar-refractivity contribution in [2.75, 3.05) is 26.3 Å².